The van der Waals surface area contributed by atoms with Gasteiger partial charge in [0, 0.05) is 11.6 Å². The second-order valence-electron chi connectivity index (χ2n) is 3.76. The zero-order chi connectivity index (χ0) is 12.1. The summed E-state index contributed by atoms with van der Waals surface area (Å²) in [5, 5.41) is 0.737. The number of halogens is 2. The molecule has 0 aliphatic rings. The van der Waals surface area contributed by atoms with E-state index in [1.807, 2.05) is 48.5 Å². The van der Waals surface area contributed by atoms with Gasteiger partial charge < -0.3 is 10.5 Å². The summed E-state index contributed by atoms with van der Waals surface area (Å²) in [4.78, 5) is 0. The van der Waals surface area contributed by atoms with E-state index in [0.717, 1.165) is 21.9 Å². The van der Waals surface area contributed by atoms with Crippen LogP contribution in [0, 0.1) is 0 Å². The Morgan fingerprint density at radius 2 is 1.44 bits per heavy atom. The van der Waals surface area contributed by atoms with Gasteiger partial charge >= 0.3 is 0 Å². The lowest BCUT2D eigenvalue weighted by atomic mass is 10.2. The smallest absolute Gasteiger partial charge is 0.119 e. The normalized spacial score (nSPS) is 9.67. The minimum absolute atomic E-state index is 0. The largest absolute Gasteiger partial charge is 0.489 e. The van der Waals surface area contributed by atoms with Gasteiger partial charge in [0.05, 0.1) is 0 Å². The molecule has 0 amide bonds. The molecule has 0 aliphatic heterocycles. The van der Waals surface area contributed by atoms with Gasteiger partial charge in [-0.3, -0.25) is 0 Å². The van der Waals surface area contributed by atoms with Crippen LogP contribution in [-0.4, -0.2) is 0 Å². The van der Waals surface area contributed by atoms with E-state index in [4.69, 9.17) is 22.1 Å². The fourth-order valence-electron chi connectivity index (χ4n) is 1.47. The molecule has 2 nitrogen and oxygen atoms in total. The molecule has 2 N–H and O–H groups in total. The van der Waals surface area contributed by atoms with E-state index in [-0.39, 0.29) is 12.4 Å². The average molecular weight is 284 g/mol. The van der Waals surface area contributed by atoms with Gasteiger partial charge in [-0.15, -0.1) is 12.4 Å². The predicted octanol–water partition coefficient (Wildman–Crippen LogP) is 3.80. The average Bonchev–Trinajstić information content (AvgIpc) is 2.39. The van der Waals surface area contributed by atoms with Crippen LogP contribution in [0.2, 0.25) is 5.02 Å². The minimum Gasteiger partial charge on any atom is -0.489 e. The molecule has 0 saturated carbocycles. The van der Waals surface area contributed by atoms with Gasteiger partial charge in [0.25, 0.3) is 0 Å². The molecular weight excluding hydrogens is 269 g/mol. The number of rotatable bonds is 4. The van der Waals surface area contributed by atoms with E-state index in [2.05, 4.69) is 0 Å². The Hall–Kier alpha value is -1.22. The predicted molar refractivity (Wildman–Crippen MR) is 77.4 cm³/mol. The quantitative estimate of drug-likeness (QED) is 0.926. The molecule has 0 heterocycles. The first-order valence-electron chi connectivity index (χ1n) is 5.44. The number of benzene rings is 2. The van der Waals surface area contributed by atoms with Crippen molar-refractivity contribution in [3.63, 3.8) is 0 Å². The minimum atomic E-state index is 0. The Morgan fingerprint density at radius 1 is 0.889 bits per heavy atom. The highest BCUT2D eigenvalue weighted by Crippen LogP contribution is 2.15. The maximum Gasteiger partial charge on any atom is 0.119 e. The van der Waals surface area contributed by atoms with E-state index in [9.17, 15) is 0 Å². The Kier molecular flexibility index (Phi) is 5.99. The molecule has 18 heavy (non-hydrogen) atoms. The van der Waals surface area contributed by atoms with Crippen molar-refractivity contribution in [3.8, 4) is 5.75 Å². The molecule has 0 radical (unpaired) electrons. The molecule has 0 spiro atoms. The molecule has 96 valence electrons. The standard InChI is InChI=1S/C14H14ClNO.ClH/c15-13-5-1-12(2-6-13)10-17-14-7-3-11(9-16)4-8-14;/h1-8H,9-10,16H2;1H. The van der Waals surface area contributed by atoms with Gasteiger partial charge in [-0.05, 0) is 35.4 Å². The molecule has 0 atom stereocenters. The monoisotopic (exact) mass is 283 g/mol. The molecule has 0 unspecified atom stereocenters. The van der Waals surface area contributed by atoms with Gasteiger partial charge in [-0.2, -0.15) is 0 Å². The molecule has 0 saturated heterocycles. The molecule has 0 fully saturated rings. The summed E-state index contributed by atoms with van der Waals surface area (Å²) >= 11 is 5.81. The summed E-state index contributed by atoms with van der Waals surface area (Å²) in [6.07, 6.45) is 0. The van der Waals surface area contributed by atoms with Crippen LogP contribution in [0.15, 0.2) is 48.5 Å². The topological polar surface area (TPSA) is 35.2 Å². The van der Waals surface area contributed by atoms with Crippen molar-refractivity contribution in [2.24, 2.45) is 5.73 Å². The third kappa shape index (κ3) is 4.22. The lowest BCUT2D eigenvalue weighted by molar-refractivity contribution is 0.306. The van der Waals surface area contributed by atoms with Crippen LogP contribution in [0.25, 0.3) is 0 Å². The van der Waals surface area contributed by atoms with E-state index < -0.39 is 0 Å². The molecule has 0 bridgehead atoms. The number of nitrogens with two attached hydrogens (primary N) is 1. The Balaban J connectivity index is 0.00000162. The van der Waals surface area contributed by atoms with Crippen LogP contribution in [-0.2, 0) is 13.2 Å². The fourth-order valence-corrected chi connectivity index (χ4v) is 1.60. The molecule has 4 heteroatoms. The van der Waals surface area contributed by atoms with Gasteiger partial charge in [0.1, 0.15) is 12.4 Å². The van der Waals surface area contributed by atoms with Crippen molar-refractivity contribution in [1.29, 1.82) is 0 Å². The SMILES string of the molecule is Cl.NCc1ccc(OCc2ccc(Cl)cc2)cc1. The van der Waals surface area contributed by atoms with Crippen LogP contribution in [0.5, 0.6) is 5.75 Å². The number of ether oxygens (including phenoxy) is 1. The Bertz CT molecular complexity index is 468. The summed E-state index contributed by atoms with van der Waals surface area (Å²) < 4.78 is 5.65. The Labute approximate surface area is 118 Å². The zero-order valence-electron chi connectivity index (χ0n) is 9.80. The van der Waals surface area contributed by atoms with E-state index in [1.54, 1.807) is 0 Å². The fraction of sp³-hybridized carbons (Fsp3) is 0.143. The highest BCUT2D eigenvalue weighted by Gasteiger charge is 1.96. The van der Waals surface area contributed by atoms with Gasteiger partial charge in [-0.25, -0.2) is 0 Å². The maximum absolute atomic E-state index is 5.81. The summed E-state index contributed by atoms with van der Waals surface area (Å²) in [5.41, 5.74) is 7.72. The Morgan fingerprint density at radius 3 is 2.00 bits per heavy atom. The summed E-state index contributed by atoms with van der Waals surface area (Å²) in [5.74, 6) is 0.845. The first kappa shape index (κ1) is 14.8. The van der Waals surface area contributed by atoms with Gasteiger partial charge in [0.2, 0.25) is 0 Å². The molecule has 0 aliphatic carbocycles. The van der Waals surface area contributed by atoms with Crippen molar-refractivity contribution >= 4 is 24.0 Å². The second kappa shape index (κ2) is 7.27. The van der Waals surface area contributed by atoms with Crippen LogP contribution >= 0.6 is 24.0 Å². The second-order valence-corrected chi connectivity index (χ2v) is 4.20. The van der Waals surface area contributed by atoms with E-state index in [1.165, 1.54) is 0 Å². The summed E-state index contributed by atoms with van der Waals surface area (Å²) in [6, 6.07) is 15.4. The van der Waals surface area contributed by atoms with E-state index >= 15 is 0 Å². The van der Waals surface area contributed by atoms with Crippen LogP contribution < -0.4 is 10.5 Å². The van der Waals surface area contributed by atoms with Crippen molar-refractivity contribution in [2.45, 2.75) is 13.2 Å². The first-order chi connectivity index (χ1) is 8.28. The van der Waals surface area contributed by atoms with Crippen molar-refractivity contribution < 1.29 is 4.74 Å². The highest BCUT2D eigenvalue weighted by molar-refractivity contribution is 6.30. The maximum atomic E-state index is 5.81. The number of hydrogen-bond donors (Lipinski definition) is 1. The lowest BCUT2D eigenvalue weighted by Crippen LogP contribution is -1.97. The van der Waals surface area contributed by atoms with Crippen LogP contribution in [0.3, 0.4) is 0 Å². The lowest BCUT2D eigenvalue weighted by Gasteiger charge is -2.07. The van der Waals surface area contributed by atoms with Crippen molar-refractivity contribution in [3.05, 3.63) is 64.7 Å². The third-order valence-electron chi connectivity index (χ3n) is 2.48. The molecule has 2 rings (SSSR count). The van der Waals surface area contributed by atoms with Gasteiger partial charge in [-0.1, -0.05) is 35.9 Å². The van der Waals surface area contributed by atoms with Crippen LogP contribution in [0.4, 0.5) is 0 Å². The molecule has 2 aromatic carbocycles. The van der Waals surface area contributed by atoms with E-state index in [0.29, 0.717) is 13.2 Å². The third-order valence-corrected chi connectivity index (χ3v) is 2.73. The molecule has 2 aromatic rings. The zero-order valence-corrected chi connectivity index (χ0v) is 11.4. The highest BCUT2D eigenvalue weighted by atomic mass is 35.5. The van der Waals surface area contributed by atoms with Crippen LogP contribution in [0.1, 0.15) is 11.1 Å². The number of hydrogen-bond acceptors (Lipinski definition) is 2. The molecular formula is C14H15Cl2NO. The first-order valence-corrected chi connectivity index (χ1v) is 5.82. The van der Waals surface area contributed by atoms with Crippen molar-refractivity contribution in [2.75, 3.05) is 0 Å². The van der Waals surface area contributed by atoms with Crippen molar-refractivity contribution in [1.82, 2.24) is 0 Å². The summed E-state index contributed by atoms with van der Waals surface area (Å²) in [6.45, 7) is 1.09. The summed E-state index contributed by atoms with van der Waals surface area (Å²) in [7, 11) is 0. The molecule has 0 aromatic heterocycles. The van der Waals surface area contributed by atoms with Gasteiger partial charge in [0.15, 0.2) is 0 Å².